The van der Waals surface area contributed by atoms with E-state index in [-0.39, 0.29) is 0 Å². The molecule has 4 nitrogen and oxygen atoms in total. The summed E-state index contributed by atoms with van der Waals surface area (Å²) < 4.78 is 2.10. The quantitative estimate of drug-likeness (QED) is 0.342. The van der Waals surface area contributed by atoms with Crippen molar-refractivity contribution >= 4 is 34.8 Å². The molecule has 0 aliphatic rings. The number of aryl methyl sites for hydroxylation is 1. The van der Waals surface area contributed by atoms with Gasteiger partial charge in [0.15, 0.2) is 6.10 Å². The summed E-state index contributed by atoms with van der Waals surface area (Å²) in [5.74, 6) is -0.520. The highest BCUT2D eigenvalue weighted by molar-refractivity contribution is 6.31. The summed E-state index contributed by atoms with van der Waals surface area (Å²) in [5, 5.41) is 15.0. The molecule has 4 aromatic rings. The molecular weight excluding hydrogens is 443 g/mol. The molecule has 0 spiro atoms. The van der Waals surface area contributed by atoms with Crippen LogP contribution in [-0.4, -0.2) is 15.6 Å². The first-order chi connectivity index (χ1) is 15.4. The Bertz CT molecular complexity index is 1230. The van der Waals surface area contributed by atoms with Crippen molar-refractivity contribution in [2.45, 2.75) is 19.6 Å². The Morgan fingerprint density at radius 1 is 0.938 bits per heavy atom. The summed E-state index contributed by atoms with van der Waals surface area (Å²) in [6.07, 6.45) is -1.35. The molecule has 0 bridgehead atoms. The summed E-state index contributed by atoms with van der Waals surface area (Å²) in [7, 11) is 0. The van der Waals surface area contributed by atoms with Gasteiger partial charge in [0.25, 0.3) is 5.91 Å². The van der Waals surface area contributed by atoms with Gasteiger partial charge < -0.3 is 15.0 Å². The highest BCUT2D eigenvalue weighted by Gasteiger charge is 2.26. The van der Waals surface area contributed by atoms with Crippen molar-refractivity contribution in [2.75, 3.05) is 5.32 Å². The van der Waals surface area contributed by atoms with Crippen LogP contribution in [0, 0.1) is 6.92 Å². The normalized spacial score (nSPS) is 11.9. The molecule has 0 radical (unpaired) electrons. The molecule has 162 valence electrons. The molecule has 1 heterocycles. The van der Waals surface area contributed by atoms with Crippen molar-refractivity contribution in [3.63, 3.8) is 0 Å². The van der Waals surface area contributed by atoms with Gasteiger partial charge in [-0.15, -0.1) is 0 Å². The lowest BCUT2D eigenvalue weighted by Crippen LogP contribution is -2.21. The Hall–Kier alpha value is -3.05. The number of carbonyl (C=O) groups excluding carboxylic acids is 1. The van der Waals surface area contributed by atoms with Crippen molar-refractivity contribution in [2.24, 2.45) is 0 Å². The van der Waals surface area contributed by atoms with Gasteiger partial charge in [-0.1, -0.05) is 71.7 Å². The number of hydrogen-bond donors (Lipinski definition) is 2. The topological polar surface area (TPSA) is 54.3 Å². The minimum absolute atomic E-state index is 0.507. The van der Waals surface area contributed by atoms with Crippen LogP contribution in [-0.2, 0) is 11.3 Å². The number of nitrogens with zero attached hydrogens (tertiary/aromatic N) is 1. The second-order valence-corrected chi connectivity index (χ2v) is 8.44. The van der Waals surface area contributed by atoms with Crippen LogP contribution in [0.15, 0.2) is 84.9 Å². The van der Waals surface area contributed by atoms with E-state index < -0.39 is 12.0 Å². The third kappa shape index (κ3) is 4.89. The predicted molar refractivity (Wildman–Crippen MR) is 130 cm³/mol. The number of hydrogen-bond acceptors (Lipinski definition) is 2. The zero-order valence-electron chi connectivity index (χ0n) is 17.4. The smallest absolute Gasteiger partial charge is 0.257 e. The predicted octanol–water partition coefficient (Wildman–Crippen LogP) is 6.49. The van der Waals surface area contributed by atoms with E-state index in [0.29, 0.717) is 27.8 Å². The van der Waals surface area contributed by atoms with E-state index in [4.69, 9.17) is 23.2 Å². The van der Waals surface area contributed by atoms with Gasteiger partial charge in [0.2, 0.25) is 0 Å². The highest BCUT2D eigenvalue weighted by Crippen LogP contribution is 2.33. The second-order valence-electron chi connectivity index (χ2n) is 7.57. The van der Waals surface area contributed by atoms with E-state index in [1.165, 1.54) is 0 Å². The van der Waals surface area contributed by atoms with Gasteiger partial charge in [0.1, 0.15) is 0 Å². The van der Waals surface area contributed by atoms with Crippen LogP contribution in [0.2, 0.25) is 10.0 Å². The van der Waals surface area contributed by atoms with Gasteiger partial charge in [0, 0.05) is 33.5 Å². The Morgan fingerprint density at radius 2 is 1.66 bits per heavy atom. The number of nitrogens with one attached hydrogen (secondary N) is 1. The second kappa shape index (κ2) is 9.61. The third-order valence-electron chi connectivity index (χ3n) is 5.27. The fourth-order valence-corrected chi connectivity index (χ4v) is 4.04. The number of rotatable bonds is 6. The Kier molecular flexibility index (Phi) is 6.66. The lowest BCUT2D eigenvalue weighted by molar-refractivity contribution is -0.124. The van der Waals surface area contributed by atoms with E-state index in [1.807, 2.05) is 67.6 Å². The van der Waals surface area contributed by atoms with E-state index in [0.717, 1.165) is 22.5 Å². The molecule has 2 N–H and O–H groups in total. The molecule has 0 aliphatic carbocycles. The van der Waals surface area contributed by atoms with Crippen molar-refractivity contribution < 1.29 is 9.90 Å². The summed E-state index contributed by atoms with van der Waals surface area (Å²) >= 11 is 12.1. The molecule has 4 rings (SSSR count). The van der Waals surface area contributed by atoms with Crippen LogP contribution >= 0.6 is 23.2 Å². The van der Waals surface area contributed by atoms with E-state index in [9.17, 15) is 9.90 Å². The number of anilines is 1. The molecule has 32 heavy (non-hydrogen) atoms. The van der Waals surface area contributed by atoms with E-state index in [1.54, 1.807) is 24.3 Å². The van der Waals surface area contributed by atoms with Crippen molar-refractivity contribution in [1.82, 2.24) is 4.57 Å². The van der Waals surface area contributed by atoms with E-state index in [2.05, 4.69) is 9.88 Å². The molecule has 1 amide bonds. The monoisotopic (exact) mass is 464 g/mol. The SMILES string of the molecule is Cc1cc(C(O)C(=O)Nc2cccc(Cl)c2)c(-c2ccccc2)n1Cc1ccc(Cl)cc1. The summed E-state index contributed by atoms with van der Waals surface area (Å²) in [5.41, 5.74) is 4.78. The van der Waals surface area contributed by atoms with Crippen molar-refractivity contribution in [3.8, 4) is 11.3 Å². The van der Waals surface area contributed by atoms with Gasteiger partial charge in [0.05, 0.1) is 5.69 Å². The van der Waals surface area contributed by atoms with Gasteiger partial charge in [-0.05, 0) is 54.4 Å². The van der Waals surface area contributed by atoms with Crippen LogP contribution < -0.4 is 5.32 Å². The largest absolute Gasteiger partial charge is 0.378 e. The maximum Gasteiger partial charge on any atom is 0.257 e. The Balaban J connectivity index is 1.72. The molecule has 1 unspecified atom stereocenters. The van der Waals surface area contributed by atoms with Crippen LogP contribution in [0.25, 0.3) is 11.3 Å². The van der Waals surface area contributed by atoms with Crippen LogP contribution in [0.3, 0.4) is 0 Å². The molecule has 6 heteroatoms. The maximum atomic E-state index is 12.9. The fraction of sp³-hybridized carbons (Fsp3) is 0.115. The first-order valence-corrected chi connectivity index (χ1v) is 10.9. The fourth-order valence-electron chi connectivity index (χ4n) is 3.72. The van der Waals surface area contributed by atoms with Crippen molar-refractivity contribution in [3.05, 3.63) is 112 Å². The van der Waals surface area contributed by atoms with Crippen LogP contribution in [0.4, 0.5) is 5.69 Å². The first-order valence-electron chi connectivity index (χ1n) is 10.2. The molecule has 0 fully saturated rings. The lowest BCUT2D eigenvalue weighted by Gasteiger charge is -2.17. The van der Waals surface area contributed by atoms with Gasteiger partial charge in [-0.3, -0.25) is 4.79 Å². The molecule has 0 saturated heterocycles. The van der Waals surface area contributed by atoms with Gasteiger partial charge in [-0.2, -0.15) is 0 Å². The zero-order chi connectivity index (χ0) is 22.7. The molecule has 1 aromatic heterocycles. The van der Waals surface area contributed by atoms with Gasteiger partial charge >= 0.3 is 0 Å². The molecule has 0 aliphatic heterocycles. The number of amides is 1. The molecule has 3 aromatic carbocycles. The average Bonchev–Trinajstić information content (AvgIpc) is 3.11. The minimum atomic E-state index is -1.35. The zero-order valence-corrected chi connectivity index (χ0v) is 18.9. The average molecular weight is 465 g/mol. The first kappa shape index (κ1) is 22.2. The molecule has 1 atom stereocenters. The summed E-state index contributed by atoms with van der Waals surface area (Å²) in [6.45, 7) is 2.54. The molecular formula is C26H22Cl2N2O2. The number of carbonyl (C=O) groups is 1. The number of halogens is 2. The Labute approximate surface area is 197 Å². The lowest BCUT2D eigenvalue weighted by atomic mass is 10.0. The standard InChI is InChI=1S/C26H22Cl2N2O2/c1-17-14-23(25(31)26(32)29-22-9-5-8-21(28)15-22)24(19-6-3-2-4-7-19)30(17)16-18-10-12-20(27)13-11-18/h2-15,25,31H,16H2,1H3,(H,29,32). The van der Waals surface area contributed by atoms with Crippen LogP contribution in [0.1, 0.15) is 22.9 Å². The van der Waals surface area contributed by atoms with E-state index >= 15 is 0 Å². The summed E-state index contributed by atoms with van der Waals surface area (Å²) in [6, 6.07) is 26.1. The minimum Gasteiger partial charge on any atom is -0.378 e. The number of benzene rings is 3. The third-order valence-corrected chi connectivity index (χ3v) is 5.76. The number of aliphatic hydroxyl groups is 1. The molecule has 0 saturated carbocycles. The van der Waals surface area contributed by atoms with Crippen molar-refractivity contribution in [1.29, 1.82) is 0 Å². The van der Waals surface area contributed by atoms with Gasteiger partial charge in [-0.25, -0.2) is 0 Å². The van der Waals surface area contributed by atoms with Crippen LogP contribution in [0.5, 0.6) is 0 Å². The Morgan fingerprint density at radius 3 is 2.34 bits per heavy atom. The number of aliphatic hydroxyl groups excluding tert-OH is 1. The summed E-state index contributed by atoms with van der Waals surface area (Å²) in [4.78, 5) is 12.9. The highest BCUT2D eigenvalue weighted by atomic mass is 35.5. The number of aromatic nitrogens is 1. The maximum absolute atomic E-state index is 12.9.